The summed E-state index contributed by atoms with van der Waals surface area (Å²) in [6.45, 7) is 5.76. The van der Waals surface area contributed by atoms with E-state index in [1.54, 1.807) is 12.1 Å². The van der Waals surface area contributed by atoms with Gasteiger partial charge in [0.25, 0.3) is 5.69 Å². The minimum atomic E-state index is -0.391. The third kappa shape index (κ3) is 2.09. The van der Waals surface area contributed by atoms with Gasteiger partial charge in [0, 0.05) is 18.6 Å². The average molecular weight is 234 g/mol. The fourth-order valence-electron chi connectivity index (χ4n) is 1.41. The lowest BCUT2D eigenvalue weighted by atomic mass is 10.2. The molecule has 2 rings (SSSR count). The van der Waals surface area contributed by atoms with Crippen LogP contribution in [0.3, 0.4) is 0 Å². The van der Waals surface area contributed by atoms with Crippen molar-refractivity contribution in [3.05, 3.63) is 45.5 Å². The number of fused-ring (bicyclic) bond motifs is 1. The van der Waals surface area contributed by atoms with Crippen LogP contribution in [0.1, 0.15) is 11.9 Å². The van der Waals surface area contributed by atoms with Gasteiger partial charge in [0.2, 0.25) is 0 Å². The van der Waals surface area contributed by atoms with E-state index in [9.17, 15) is 10.1 Å². The normalized spacial score (nSPS) is 10.6. The molecule has 0 aliphatic rings. The number of thiazole rings is 1. The Labute approximate surface area is 96.4 Å². The van der Waals surface area contributed by atoms with Gasteiger partial charge < -0.3 is 0 Å². The Hall–Kier alpha value is -1.75. The smallest absolute Gasteiger partial charge is 0.258 e. The molecule has 0 saturated heterocycles. The third-order valence-electron chi connectivity index (χ3n) is 2.08. The van der Waals surface area contributed by atoms with E-state index in [0.29, 0.717) is 0 Å². The fourth-order valence-corrected chi connectivity index (χ4v) is 2.52. The van der Waals surface area contributed by atoms with Gasteiger partial charge in [0.1, 0.15) is 0 Å². The quantitative estimate of drug-likeness (QED) is 0.465. The highest BCUT2D eigenvalue weighted by molar-refractivity contribution is 7.18. The summed E-state index contributed by atoms with van der Waals surface area (Å²) < 4.78 is 0.852. The monoisotopic (exact) mass is 234 g/mol. The van der Waals surface area contributed by atoms with Crippen molar-refractivity contribution >= 4 is 27.2 Å². The molecule has 0 saturated carbocycles. The summed E-state index contributed by atoms with van der Waals surface area (Å²) in [7, 11) is 0. The van der Waals surface area contributed by atoms with E-state index < -0.39 is 4.92 Å². The number of benzene rings is 1. The van der Waals surface area contributed by atoms with Gasteiger partial charge in [-0.2, -0.15) is 0 Å². The Bertz CT molecular complexity index is 574. The van der Waals surface area contributed by atoms with Gasteiger partial charge >= 0.3 is 0 Å². The summed E-state index contributed by atoms with van der Waals surface area (Å²) >= 11 is 1.48. The minimum Gasteiger partial charge on any atom is -0.258 e. The van der Waals surface area contributed by atoms with Gasteiger partial charge in [0.15, 0.2) is 0 Å². The summed E-state index contributed by atoms with van der Waals surface area (Å²) in [5.74, 6) is 0. The van der Waals surface area contributed by atoms with Crippen molar-refractivity contribution in [2.45, 2.75) is 13.3 Å². The van der Waals surface area contributed by atoms with Crippen molar-refractivity contribution < 1.29 is 4.92 Å². The molecule has 1 heterocycles. The second kappa shape index (κ2) is 4.02. The van der Waals surface area contributed by atoms with Crippen molar-refractivity contribution in [2.75, 3.05) is 0 Å². The molecule has 0 N–H and O–H groups in total. The molecule has 0 spiro atoms. The number of nitrogens with zero attached hydrogens (tertiary/aromatic N) is 2. The Balaban J connectivity index is 2.45. The topological polar surface area (TPSA) is 56.0 Å². The molecular weight excluding hydrogens is 224 g/mol. The largest absolute Gasteiger partial charge is 0.270 e. The standard InChI is InChI=1S/C11H10N2O2S/c1-7(2)5-11-12-9-4-3-8(13(14)15)6-10(9)16-11/h3-4,6H,1,5H2,2H3. The van der Waals surface area contributed by atoms with Crippen LogP contribution in [0.15, 0.2) is 30.4 Å². The van der Waals surface area contributed by atoms with Crippen molar-refractivity contribution in [2.24, 2.45) is 0 Å². The lowest BCUT2D eigenvalue weighted by Gasteiger charge is -1.90. The van der Waals surface area contributed by atoms with Crippen LogP contribution in [0.4, 0.5) is 5.69 Å². The number of nitro groups is 1. The molecule has 82 valence electrons. The molecule has 1 aromatic heterocycles. The van der Waals surface area contributed by atoms with Crippen LogP contribution in [0.2, 0.25) is 0 Å². The molecule has 16 heavy (non-hydrogen) atoms. The number of aromatic nitrogens is 1. The number of nitro benzene ring substituents is 1. The molecule has 5 heteroatoms. The van der Waals surface area contributed by atoms with E-state index in [-0.39, 0.29) is 5.69 Å². The molecule has 2 aromatic rings. The molecule has 0 bridgehead atoms. The van der Waals surface area contributed by atoms with E-state index in [2.05, 4.69) is 11.6 Å². The maximum absolute atomic E-state index is 10.6. The van der Waals surface area contributed by atoms with Crippen LogP contribution in [-0.2, 0) is 6.42 Å². The maximum Gasteiger partial charge on any atom is 0.270 e. The second-order valence-electron chi connectivity index (χ2n) is 3.65. The first kappa shape index (κ1) is 10.8. The molecule has 0 radical (unpaired) electrons. The van der Waals surface area contributed by atoms with Crippen molar-refractivity contribution in [3.8, 4) is 0 Å². The summed E-state index contributed by atoms with van der Waals surface area (Å²) in [5, 5.41) is 11.6. The van der Waals surface area contributed by atoms with E-state index in [4.69, 9.17) is 0 Å². The zero-order chi connectivity index (χ0) is 11.7. The molecule has 0 aliphatic carbocycles. The molecular formula is C11H10N2O2S. The number of hydrogen-bond acceptors (Lipinski definition) is 4. The summed E-state index contributed by atoms with van der Waals surface area (Å²) in [4.78, 5) is 14.6. The SMILES string of the molecule is C=C(C)Cc1nc2ccc([N+](=O)[O-])cc2s1. The number of non-ortho nitro benzene ring substituents is 1. The maximum atomic E-state index is 10.6. The van der Waals surface area contributed by atoms with Gasteiger partial charge in [-0.15, -0.1) is 11.3 Å². The van der Waals surface area contributed by atoms with Crippen LogP contribution < -0.4 is 0 Å². The van der Waals surface area contributed by atoms with Crippen LogP contribution in [0.25, 0.3) is 10.2 Å². The van der Waals surface area contributed by atoms with Gasteiger partial charge in [-0.05, 0) is 13.0 Å². The Morgan fingerprint density at radius 2 is 2.38 bits per heavy atom. The zero-order valence-corrected chi connectivity index (χ0v) is 9.58. The number of rotatable bonds is 3. The predicted octanol–water partition coefficient (Wildman–Crippen LogP) is 3.32. The van der Waals surface area contributed by atoms with Gasteiger partial charge in [-0.3, -0.25) is 10.1 Å². The lowest BCUT2D eigenvalue weighted by Crippen LogP contribution is -1.86. The van der Waals surface area contributed by atoms with E-state index in [1.807, 2.05) is 6.92 Å². The van der Waals surface area contributed by atoms with Crippen LogP contribution in [0.5, 0.6) is 0 Å². The zero-order valence-electron chi connectivity index (χ0n) is 8.77. The fraction of sp³-hybridized carbons (Fsp3) is 0.182. The molecule has 0 aliphatic heterocycles. The summed E-state index contributed by atoms with van der Waals surface area (Å²) in [5.41, 5.74) is 1.96. The molecule has 0 atom stereocenters. The van der Waals surface area contributed by atoms with Gasteiger partial charge in [-0.1, -0.05) is 12.2 Å². The first-order chi connectivity index (χ1) is 7.56. The highest BCUT2D eigenvalue weighted by Gasteiger charge is 2.09. The molecule has 0 fully saturated rings. The van der Waals surface area contributed by atoms with Crippen molar-refractivity contribution in [1.82, 2.24) is 4.98 Å². The Kier molecular flexibility index (Phi) is 2.70. The second-order valence-corrected chi connectivity index (χ2v) is 4.77. The molecule has 0 unspecified atom stereocenters. The van der Waals surface area contributed by atoms with Crippen LogP contribution in [-0.4, -0.2) is 9.91 Å². The number of allylic oxidation sites excluding steroid dienone is 1. The van der Waals surface area contributed by atoms with Gasteiger partial charge in [-0.25, -0.2) is 4.98 Å². The average Bonchev–Trinajstić information content (AvgIpc) is 2.56. The predicted molar refractivity (Wildman–Crippen MR) is 64.8 cm³/mol. The minimum absolute atomic E-state index is 0.109. The van der Waals surface area contributed by atoms with Crippen molar-refractivity contribution in [3.63, 3.8) is 0 Å². The van der Waals surface area contributed by atoms with Crippen molar-refractivity contribution in [1.29, 1.82) is 0 Å². The summed E-state index contributed by atoms with van der Waals surface area (Å²) in [6.07, 6.45) is 0.729. The number of hydrogen-bond donors (Lipinski definition) is 0. The van der Waals surface area contributed by atoms with E-state index in [1.165, 1.54) is 17.4 Å². The highest BCUT2D eigenvalue weighted by atomic mass is 32.1. The lowest BCUT2D eigenvalue weighted by molar-refractivity contribution is -0.384. The first-order valence-corrected chi connectivity index (χ1v) is 5.56. The Morgan fingerprint density at radius 1 is 1.62 bits per heavy atom. The summed E-state index contributed by atoms with van der Waals surface area (Å²) in [6, 6.07) is 4.73. The van der Waals surface area contributed by atoms with Crippen LogP contribution >= 0.6 is 11.3 Å². The first-order valence-electron chi connectivity index (χ1n) is 4.74. The van der Waals surface area contributed by atoms with E-state index in [0.717, 1.165) is 27.2 Å². The third-order valence-corrected chi connectivity index (χ3v) is 3.10. The molecule has 4 nitrogen and oxygen atoms in total. The highest BCUT2D eigenvalue weighted by Crippen LogP contribution is 2.27. The molecule has 1 aromatic carbocycles. The van der Waals surface area contributed by atoms with E-state index >= 15 is 0 Å². The molecule has 0 amide bonds. The van der Waals surface area contributed by atoms with Gasteiger partial charge in [0.05, 0.1) is 20.1 Å². The van der Waals surface area contributed by atoms with Crippen LogP contribution in [0, 0.1) is 10.1 Å². The Morgan fingerprint density at radius 3 is 3.00 bits per heavy atom.